The summed E-state index contributed by atoms with van der Waals surface area (Å²) < 4.78 is 0. The minimum Gasteiger partial charge on any atom is -0.361 e. The van der Waals surface area contributed by atoms with Crippen molar-refractivity contribution < 1.29 is 4.79 Å². The molecule has 4 nitrogen and oxygen atoms in total. The average molecular weight is 297 g/mol. The zero-order chi connectivity index (χ0) is 14.7. The molecule has 21 heavy (non-hydrogen) atoms. The number of aromatic amines is 1. The van der Waals surface area contributed by atoms with Gasteiger partial charge in [0.1, 0.15) is 0 Å². The van der Waals surface area contributed by atoms with E-state index in [1.165, 1.54) is 0 Å². The number of hydrogen-bond acceptors (Lipinski definition) is 3. The number of nitrogens with zero attached hydrogens (tertiary/aromatic N) is 1. The molecular formula is C16H15N3OS. The van der Waals surface area contributed by atoms with Crippen LogP contribution in [-0.2, 0) is 11.2 Å². The van der Waals surface area contributed by atoms with Crippen LogP contribution in [0.15, 0.2) is 47.0 Å². The van der Waals surface area contributed by atoms with Crippen LogP contribution < -0.4 is 5.43 Å². The molecule has 0 fully saturated rings. The first-order valence-electron chi connectivity index (χ1n) is 6.65. The first-order chi connectivity index (χ1) is 10.2. The molecule has 106 valence electrons. The molecule has 0 aliphatic heterocycles. The number of benzene rings is 1. The summed E-state index contributed by atoms with van der Waals surface area (Å²) >= 11 is 1.60. The van der Waals surface area contributed by atoms with Crippen LogP contribution in [0.1, 0.15) is 16.0 Å². The fraction of sp³-hybridized carbons (Fsp3) is 0.125. The summed E-state index contributed by atoms with van der Waals surface area (Å²) in [6.07, 6.45) is 3.87. The molecule has 3 aromatic rings. The zero-order valence-electron chi connectivity index (χ0n) is 11.6. The summed E-state index contributed by atoms with van der Waals surface area (Å²) in [4.78, 5) is 16.2. The van der Waals surface area contributed by atoms with Crippen LogP contribution in [0.3, 0.4) is 0 Å². The molecule has 0 saturated carbocycles. The SMILES string of the molecule is Cc1ccsc1/C=N\NC(=O)Cc1c[nH]c2ccccc12. The second-order valence-electron chi connectivity index (χ2n) is 4.80. The molecule has 0 saturated heterocycles. The number of fused-ring (bicyclic) bond motifs is 1. The van der Waals surface area contributed by atoms with Crippen molar-refractivity contribution in [2.45, 2.75) is 13.3 Å². The molecule has 0 atom stereocenters. The number of H-pyrrole nitrogens is 1. The van der Waals surface area contributed by atoms with E-state index in [0.717, 1.165) is 26.9 Å². The van der Waals surface area contributed by atoms with E-state index in [2.05, 4.69) is 15.5 Å². The standard InChI is InChI=1S/C16H15N3OS/c1-11-6-7-21-15(11)10-18-19-16(20)8-12-9-17-14-5-3-2-4-13(12)14/h2-7,9-10,17H,8H2,1H3,(H,19,20)/b18-10-. The Hall–Kier alpha value is -2.40. The lowest BCUT2D eigenvalue weighted by atomic mass is 10.1. The number of nitrogens with one attached hydrogen (secondary N) is 2. The smallest absolute Gasteiger partial charge is 0.244 e. The van der Waals surface area contributed by atoms with E-state index in [9.17, 15) is 4.79 Å². The summed E-state index contributed by atoms with van der Waals surface area (Å²) in [5, 5.41) is 7.09. The van der Waals surface area contributed by atoms with E-state index in [1.54, 1.807) is 17.6 Å². The number of thiophene rings is 1. The summed E-state index contributed by atoms with van der Waals surface area (Å²) in [5.74, 6) is -0.120. The first-order valence-corrected chi connectivity index (χ1v) is 7.53. The second-order valence-corrected chi connectivity index (χ2v) is 5.75. The van der Waals surface area contributed by atoms with Crippen molar-refractivity contribution in [2.75, 3.05) is 0 Å². The molecule has 0 aliphatic rings. The van der Waals surface area contributed by atoms with E-state index in [0.29, 0.717) is 6.42 Å². The Morgan fingerprint density at radius 2 is 2.24 bits per heavy atom. The van der Waals surface area contributed by atoms with E-state index in [4.69, 9.17) is 0 Å². The molecule has 0 bridgehead atoms. The van der Waals surface area contributed by atoms with Gasteiger partial charge in [0.15, 0.2) is 0 Å². The van der Waals surface area contributed by atoms with Crippen LogP contribution in [0.5, 0.6) is 0 Å². The number of aryl methyl sites for hydroxylation is 1. The van der Waals surface area contributed by atoms with Crippen LogP contribution in [0.25, 0.3) is 10.9 Å². The number of para-hydroxylation sites is 1. The summed E-state index contributed by atoms with van der Waals surface area (Å²) in [5.41, 5.74) is 5.75. The minimum absolute atomic E-state index is 0.120. The maximum atomic E-state index is 11.9. The number of hydrogen-bond donors (Lipinski definition) is 2. The molecular weight excluding hydrogens is 282 g/mol. The molecule has 5 heteroatoms. The number of rotatable bonds is 4. The number of aromatic nitrogens is 1. The van der Waals surface area contributed by atoms with Gasteiger partial charge in [0.2, 0.25) is 5.91 Å². The van der Waals surface area contributed by atoms with E-state index >= 15 is 0 Å². The third-order valence-corrected chi connectivity index (χ3v) is 4.25. The predicted octanol–water partition coefficient (Wildman–Crippen LogP) is 3.23. The molecule has 0 aliphatic carbocycles. The fourth-order valence-electron chi connectivity index (χ4n) is 2.17. The molecule has 2 N–H and O–H groups in total. The van der Waals surface area contributed by atoms with Gasteiger partial charge in [0.25, 0.3) is 0 Å². The number of hydrazone groups is 1. The van der Waals surface area contributed by atoms with Crippen molar-refractivity contribution in [3.05, 3.63) is 57.9 Å². The number of carbonyl (C=O) groups excluding carboxylic acids is 1. The number of carbonyl (C=O) groups is 1. The average Bonchev–Trinajstić information content (AvgIpc) is 3.07. The van der Waals surface area contributed by atoms with Crippen molar-refractivity contribution in [3.63, 3.8) is 0 Å². The zero-order valence-corrected chi connectivity index (χ0v) is 12.4. The van der Waals surface area contributed by atoms with Gasteiger partial charge in [0.05, 0.1) is 12.6 Å². The lowest BCUT2D eigenvalue weighted by Crippen LogP contribution is -2.19. The van der Waals surface area contributed by atoms with Gasteiger partial charge in [-0.3, -0.25) is 4.79 Å². The molecule has 2 heterocycles. The van der Waals surface area contributed by atoms with Crippen molar-refractivity contribution in [1.82, 2.24) is 10.4 Å². The van der Waals surface area contributed by atoms with Gasteiger partial charge >= 0.3 is 0 Å². The highest BCUT2D eigenvalue weighted by Crippen LogP contribution is 2.18. The van der Waals surface area contributed by atoms with E-state index in [-0.39, 0.29) is 5.91 Å². The summed E-state index contributed by atoms with van der Waals surface area (Å²) in [6, 6.07) is 9.96. The Morgan fingerprint density at radius 1 is 1.38 bits per heavy atom. The fourth-order valence-corrected chi connectivity index (χ4v) is 2.96. The molecule has 1 amide bonds. The van der Waals surface area contributed by atoms with Crippen molar-refractivity contribution in [2.24, 2.45) is 5.10 Å². The van der Waals surface area contributed by atoms with Gasteiger partial charge in [0, 0.05) is 22.0 Å². The quantitative estimate of drug-likeness (QED) is 0.564. The highest BCUT2D eigenvalue weighted by molar-refractivity contribution is 7.11. The molecule has 0 spiro atoms. The Kier molecular flexibility index (Phi) is 3.83. The minimum atomic E-state index is -0.120. The van der Waals surface area contributed by atoms with Crippen LogP contribution in [-0.4, -0.2) is 17.1 Å². The van der Waals surface area contributed by atoms with E-state index in [1.807, 2.05) is 48.8 Å². The lowest BCUT2D eigenvalue weighted by molar-refractivity contribution is -0.120. The van der Waals surface area contributed by atoms with Crippen molar-refractivity contribution in [3.8, 4) is 0 Å². The normalized spacial score (nSPS) is 11.3. The highest BCUT2D eigenvalue weighted by Gasteiger charge is 2.07. The van der Waals surface area contributed by atoms with Crippen molar-refractivity contribution >= 4 is 34.4 Å². The first kappa shape index (κ1) is 13.6. The Morgan fingerprint density at radius 3 is 3.05 bits per heavy atom. The predicted molar refractivity (Wildman–Crippen MR) is 86.8 cm³/mol. The van der Waals surface area contributed by atoms with Crippen molar-refractivity contribution in [1.29, 1.82) is 0 Å². The van der Waals surface area contributed by atoms with Gasteiger partial charge in [-0.05, 0) is 35.6 Å². The maximum absolute atomic E-state index is 11.9. The topological polar surface area (TPSA) is 57.2 Å². The summed E-state index contributed by atoms with van der Waals surface area (Å²) in [6.45, 7) is 2.02. The van der Waals surface area contributed by atoms with Gasteiger partial charge < -0.3 is 4.98 Å². The molecule has 1 aromatic carbocycles. The van der Waals surface area contributed by atoms with Crippen LogP contribution in [0.4, 0.5) is 0 Å². The van der Waals surface area contributed by atoms with E-state index < -0.39 is 0 Å². The Labute approximate surface area is 126 Å². The van der Waals surface area contributed by atoms with Crippen LogP contribution >= 0.6 is 11.3 Å². The largest absolute Gasteiger partial charge is 0.361 e. The van der Waals surface area contributed by atoms with Crippen LogP contribution in [0.2, 0.25) is 0 Å². The second kappa shape index (κ2) is 5.93. The third-order valence-electron chi connectivity index (χ3n) is 3.30. The highest BCUT2D eigenvalue weighted by atomic mass is 32.1. The maximum Gasteiger partial charge on any atom is 0.244 e. The number of amides is 1. The lowest BCUT2D eigenvalue weighted by Gasteiger charge is -1.99. The Balaban J connectivity index is 1.64. The molecule has 0 radical (unpaired) electrons. The molecule has 0 unspecified atom stereocenters. The van der Waals surface area contributed by atoms with Gasteiger partial charge in [-0.1, -0.05) is 18.2 Å². The summed E-state index contributed by atoms with van der Waals surface area (Å²) in [7, 11) is 0. The van der Waals surface area contributed by atoms with Gasteiger partial charge in [-0.2, -0.15) is 5.10 Å². The third kappa shape index (κ3) is 3.03. The molecule has 3 rings (SSSR count). The monoisotopic (exact) mass is 297 g/mol. The van der Waals surface area contributed by atoms with Gasteiger partial charge in [-0.25, -0.2) is 5.43 Å². The molecule has 2 aromatic heterocycles. The van der Waals surface area contributed by atoms with Crippen LogP contribution in [0, 0.1) is 6.92 Å². The van der Waals surface area contributed by atoms with Gasteiger partial charge in [-0.15, -0.1) is 11.3 Å². The Bertz CT molecular complexity index is 801.